The van der Waals surface area contributed by atoms with E-state index in [4.69, 9.17) is 5.73 Å². The summed E-state index contributed by atoms with van der Waals surface area (Å²) in [5, 5.41) is 4.35. The van der Waals surface area contributed by atoms with Crippen LogP contribution in [0.3, 0.4) is 0 Å². The SMILES string of the molecule is Nc1cn(-c2ccncc2)nc1-c1ccc(Br)cc1F. The van der Waals surface area contributed by atoms with Crippen molar-refractivity contribution in [1.29, 1.82) is 0 Å². The molecule has 0 saturated heterocycles. The maximum Gasteiger partial charge on any atom is 0.133 e. The van der Waals surface area contributed by atoms with Gasteiger partial charge in [-0.05, 0) is 30.3 Å². The van der Waals surface area contributed by atoms with Gasteiger partial charge in [0.05, 0.1) is 17.6 Å². The molecule has 3 aromatic rings. The first kappa shape index (κ1) is 12.8. The molecule has 0 aliphatic heterocycles. The van der Waals surface area contributed by atoms with Crippen molar-refractivity contribution >= 4 is 21.6 Å². The Balaban J connectivity index is 2.10. The van der Waals surface area contributed by atoms with E-state index in [1.54, 1.807) is 47.5 Å². The normalized spacial score (nSPS) is 10.7. The molecule has 6 heteroatoms. The van der Waals surface area contributed by atoms with Gasteiger partial charge in [0.1, 0.15) is 11.5 Å². The van der Waals surface area contributed by atoms with Crippen LogP contribution in [0.4, 0.5) is 10.1 Å². The van der Waals surface area contributed by atoms with Crippen molar-refractivity contribution in [3.05, 3.63) is 59.2 Å². The molecule has 0 saturated carbocycles. The maximum atomic E-state index is 14.0. The summed E-state index contributed by atoms with van der Waals surface area (Å²) in [7, 11) is 0. The monoisotopic (exact) mass is 332 g/mol. The van der Waals surface area contributed by atoms with Crippen LogP contribution in [0.2, 0.25) is 0 Å². The molecule has 0 aliphatic carbocycles. The average molecular weight is 333 g/mol. The Hall–Kier alpha value is -2.21. The van der Waals surface area contributed by atoms with Crippen LogP contribution in [0.5, 0.6) is 0 Å². The molecule has 0 radical (unpaired) electrons. The molecule has 0 spiro atoms. The molecule has 4 nitrogen and oxygen atoms in total. The van der Waals surface area contributed by atoms with Gasteiger partial charge in [0.25, 0.3) is 0 Å². The fraction of sp³-hybridized carbons (Fsp3) is 0. The number of benzene rings is 1. The first-order chi connectivity index (χ1) is 9.65. The molecule has 0 fully saturated rings. The maximum absolute atomic E-state index is 14.0. The van der Waals surface area contributed by atoms with Crippen LogP contribution in [-0.4, -0.2) is 14.8 Å². The lowest BCUT2D eigenvalue weighted by molar-refractivity contribution is 0.629. The summed E-state index contributed by atoms with van der Waals surface area (Å²) in [6.45, 7) is 0. The van der Waals surface area contributed by atoms with E-state index in [0.717, 1.165) is 5.69 Å². The summed E-state index contributed by atoms with van der Waals surface area (Å²) >= 11 is 3.23. The molecule has 3 rings (SSSR count). The van der Waals surface area contributed by atoms with Crippen molar-refractivity contribution in [3.8, 4) is 16.9 Å². The minimum atomic E-state index is -0.369. The molecule has 2 aromatic heterocycles. The largest absolute Gasteiger partial charge is 0.396 e. The minimum absolute atomic E-state index is 0.369. The quantitative estimate of drug-likeness (QED) is 0.782. The van der Waals surface area contributed by atoms with Gasteiger partial charge in [-0.1, -0.05) is 15.9 Å². The Morgan fingerprint density at radius 1 is 1.15 bits per heavy atom. The van der Waals surface area contributed by atoms with Gasteiger partial charge in [-0.2, -0.15) is 5.10 Å². The summed E-state index contributed by atoms with van der Waals surface area (Å²) < 4.78 is 16.3. The van der Waals surface area contributed by atoms with Crippen molar-refractivity contribution in [1.82, 2.24) is 14.8 Å². The molecule has 1 aromatic carbocycles. The highest BCUT2D eigenvalue weighted by Crippen LogP contribution is 2.29. The van der Waals surface area contributed by atoms with Crippen molar-refractivity contribution < 1.29 is 4.39 Å². The van der Waals surface area contributed by atoms with Crippen LogP contribution in [-0.2, 0) is 0 Å². The summed E-state index contributed by atoms with van der Waals surface area (Å²) in [6.07, 6.45) is 4.98. The Morgan fingerprint density at radius 3 is 2.60 bits per heavy atom. The molecular weight excluding hydrogens is 323 g/mol. The summed E-state index contributed by atoms with van der Waals surface area (Å²) in [6, 6.07) is 8.39. The highest BCUT2D eigenvalue weighted by molar-refractivity contribution is 9.10. The Labute approximate surface area is 123 Å². The number of nitrogens with zero attached hydrogens (tertiary/aromatic N) is 3. The Morgan fingerprint density at radius 2 is 1.90 bits per heavy atom. The topological polar surface area (TPSA) is 56.7 Å². The lowest BCUT2D eigenvalue weighted by Crippen LogP contribution is -1.95. The van der Waals surface area contributed by atoms with Crippen LogP contribution in [0.25, 0.3) is 16.9 Å². The van der Waals surface area contributed by atoms with Gasteiger partial charge in [-0.15, -0.1) is 0 Å². The van der Waals surface area contributed by atoms with Gasteiger partial charge >= 0.3 is 0 Å². The van der Waals surface area contributed by atoms with Crippen molar-refractivity contribution in [2.45, 2.75) is 0 Å². The number of nitrogen functional groups attached to an aromatic ring is 1. The van der Waals surface area contributed by atoms with Crippen LogP contribution in [0.1, 0.15) is 0 Å². The molecule has 20 heavy (non-hydrogen) atoms. The zero-order valence-electron chi connectivity index (χ0n) is 10.3. The molecule has 0 amide bonds. The van der Waals surface area contributed by atoms with E-state index in [0.29, 0.717) is 21.4 Å². The van der Waals surface area contributed by atoms with Gasteiger partial charge in [-0.3, -0.25) is 4.98 Å². The van der Waals surface area contributed by atoms with E-state index >= 15 is 0 Å². The number of pyridine rings is 1. The van der Waals surface area contributed by atoms with Gasteiger partial charge in [0.2, 0.25) is 0 Å². The predicted molar refractivity (Wildman–Crippen MR) is 78.9 cm³/mol. The van der Waals surface area contributed by atoms with Crippen LogP contribution in [0, 0.1) is 5.82 Å². The third kappa shape index (κ3) is 2.30. The minimum Gasteiger partial charge on any atom is -0.396 e. The molecule has 2 heterocycles. The number of hydrogen-bond acceptors (Lipinski definition) is 3. The van der Waals surface area contributed by atoms with Crippen molar-refractivity contribution in [2.24, 2.45) is 0 Å². The van der Waals surface area contributed by atoms with E-state index in [1.165, 1.54) is 6.07 Å². The third-order valence-electron chi connectivity index (χ3n) is 2.86. The van der Waals surface area contributed by atoms with Crippen molar-refractivity contribution in [3.63, 3.8) is 0 Å². The second kappa shape index (κ2) is 5.05. The molecule has 0 bridgehead atoms. The highest BCUT2D eigenvalue weighted by Gasteiger charge is 2.13. The molecule has 0 unspecified atom stereocenters. The zero-order valence-corrected chi connectivity index (χ0v) is 11.9. The Bertz CT molecular complexity index is 755. The number of hydrogen-bond donors (Lipinski definition) is 1. The average Bonchev–Trinajstić information content (AvgIpc) is 2.82. The first-order valence-electron chi connectivity index (χ1n) is 5.86. The number of nitrogens with two attached hydrogens (primary N) is 1. The smallest absolute Gasteiger partial charge is 0.133 e. The van der Waals surface area contributed by atoms with Gasteiger partial charge in [0.15, 0.2) is 0 Å². The standard InChI is InChI=1S/C14H10BrFN4/c15-9-1-2-11(12(16)7-9)14-13(17)8-20(19-14)10-3-5-18-6-4-10/h1-8H,17H2. The molecule has 2 N–H and O–H groups in total. The molecule has 0 aliphatic rings. The number of anilines is 1. The van der Waals surface area contributed by atoms with E-state index in [1.807, 2.05) is 0 Å². The second-order valence-electron chi connectivity index (χ2n) is 4.21. The lowest BCUT2D eigenvalue weighted by Gasteiger charge is -2.02. The summed E-state index contributed by atoms with van der Waals surface area (Å²) in [5.74, 6) is -0.369. The van der Waals surface area contributed by atoms with Crippen molar-refractivity contribution in [2.75, 3.05) is 5.73 Å². The lowest BCUT2D eigenvalue weighted by atomic mass is 10.1. The molecular formula is C14H10BrFN4. The van der Waals surface area contributed by atoms with Gasteiger partial charge in [-0.25, -0.2) is 9.07 Å². The predicted octanol–water partition coefficient (Wildman–Crippen LogP) is 3.42. The summed E-state index contributed by atoms with van der Waals surface area (Å²) in [5.41, 5.74) is 7.97. The third-order valence-corrected chi connectivity index (χ3v) is 3.35. The van der Waals surface area contributed by atoms with E-state index in [9.17, 15) is 4.39 Å². The Kier molecular flexibility index (Phi) is 3.23. The fourth-order valence-electron chi connectivity index (χ4n) is 1.91. The van der Waals surface area contributed by atoms with E-state index in [2.05, 4.69) is 26.0 Å². The number of aromatic nitrogens is 3. The fourth-order valence-corrected chi connectivity index (χ4v) is 2.24. The van der Waals surface area contributed by atoms with Crippen LogP contribution >= 0.6 is 15.9 Å². The van der Waals surface area contributed by atoms with Gasteiger partial charge < -0.3 is 5.73 Å². The zero-order chi connectivity index (χ0) is 14.1. The van der Waals surface area contributed by atoms with E-state index in [-0.39, 0.29) is 5.82 Å². The van der Waals surface area contributed by atoms with Crippen LogP contribution in [0.15, 0.2) is 53.4 Å². The van der Waals surface area contributed by atoms with Crippen LogP contribution < -0.4 is 5.73 Å². The number of halogens is 2. The summed E-state index contributed by atoms with van der Waals surface area (Å²) in [4.78, 5) is 3.94. The number of rotatable bonds is 2. The van der Waals surface area contributed by atoms with Gasteiger partial charge in [0, 0.05) is 22.4 Å². The molecule has 100 valence electrons. The second-order valence-corrected chi connectivity index (χ2v) is 5.12. The first-order valence-corrected chi connectivity index (χ1v) is 6.65. The van der Waals surface area contributed by atoms with E-state index < -0.39 is 0 Å². The molecule has 0 atom stereocenters. The highest BCUT2D eigenvalue weighted by atomic mass is 79.9.